The normalized spacial score (nSPS) is 15.6. The Bertz CT molecular complexity index is 407. The molecule has 0 radical (unpaired) electrons. The molecule has 0 spiro atoms. The van der Waals surface area contributed by atoms with Crippen LogP contribution < -0.4 is 5.32 Å². The van der Waals surface area contributed by atoms with E-state index in [1.165, 1.54) is 0 Å². The number of carbonyl (C=O) groups is 2. The van der Waals surface area contributed by atoms with E-state index >= 15 is 0 Å². The molecule has 0 saturated heterocycles. The number of aldehydes is 1. The zero-order valence-corrected chi connectivity index (χ0v) is 7.49. The molecule has 0 aromatic heterocycles. The summed E-state index contributed by atoms with van der Waals surface area (Å²) in [6, 6.07) is 9.36. The third-order valence-electron chi connectivity index (χ3n) is 2.14. The van der Waals surface area contributed by atoms with E-state index in [0.717, 1.165) is 11.8 Å². The molecule has 1 heterocycles. The number of rotatable bonds is 2. The summed E-state index contributed by atoms with van der Waals surface area (Å²) in [5, 5.41) is 2.68. The number of benzene rings is 1. The quantitative estimate of drug-likeness (QED) is 0.705. The predicted molar refractivity (Wildman–Crippen MR) is 52.2 cm³/mol. The van der Waals surface area contributed by atoms with Crippen LogP contribution >= 0.6 is 0 Å². The minimum Gasteiger partial charge on any atom is -0.325 e. The van der Waals surface area contributed by atoms with E-state index in [0.29, 0.717) is 11.3 Å². The topological polar surface area (TPSA) is 46.2 Å². The summed E-state index contributed by atoms with van der Waals surface area (Å²) < 4.78 is 0. The van der Waals surface area contributed by atoms with Crippen molar-refractivity contribution in [2.24, 2.45) is 0 Å². The van der Waals surface area contributed by atoms with Gasteiger partial charge in [-0.3, -0.25) is 9.59 Å². The first-order chi connectivity index (χ1) is 6.81. The van der Waals surface area contributed by atoms with Crippen LogP contribution in [0.4, 0.5) is 0 Å². The molecule has 0 aliphatic carbocycles. The van der Waals surface area contributed by atoms with E-state index in [2.05, 4.69) is 5.32 Å². The molecule has 0 bridgehead atoms. The average molecular weight is 187 g/mol. The maximum absolute atomic E-state index is 11.1. The minimum absolute atomic E-state index is 0.119. The Morgan fingerprint density at radius 3 is 2.57 bits per heavy atom. The van der Waals surface area contributed by atoms with Gasteiger partial charge >= 0.3 is 0 Å². The van der Waals surface area contributed by atoms with E-state index in [1.54, 1.807) is 0 Å². The highest BCUT2D eigenvalue weighted by Crippen LogP contribution is 2.21. The molecule has 1 aliphatic heterocycles. The lowest BCUT2D eigenvalue weighted by Crippen LogP contribution is -2.13. The Morgan fingerprint density at radius 1 is 1.21 bits per heavy atom. The summed E-state index contributed by atoms with van der Waals surface area (Å²) in [7, 11) is 0. The molecular weight excluding hydrogens is 178 g/mol. The van der Waals surface area contributed by atoms with Gasteiger partial charge in [0.05, 0.1) is 12.1 Å². The van der Waals surface area contributed by atoms with Gasteiger partial charge in [0.15, 0.2) is 0 Å². The maximum atomic E-state index is 11.1. The zero-order chi connectivity index (χ0) is 9.97. The fourth-order valence-corrected chi connectivity index (χ4v) is 1.49. The standard InChI is InChI=1S/C11H9NO2/c13-7-9-6-10(14)12-11(9)8-4-2-1-3-5-8/h1-5,7H,6H2,(H,12,14). The van der Waals surface area contributed by atoms with Crippen LogP contribution in [0.2, 0.25) is 0 Å². The van der Waals surface area contributed by atoms with Gasteiger partial charge in [0.2, 0.25) is 5.91 Å². The molecule has 1 amide bonds. The van der Waals surface area contributed by atoms with Crippen LogP contribution in [0, 0.1) is 0 Å². The third kappa shape index (κ3) is 1.44. The molecule has 1 aromatic rings. The van der Waals surface area contributed by atoms with Crippen molar-refractivity contribution in [1.29, 1.82) is 0 Å². The Labute approximate surface area is 81.4 Å². The second-order valence-corrected chi connectivity index (χ2v) is 3.11. The highest BCUT2D eigenvalue weighted by atomic mass is 16.2. The fraction of sp³-hybridized carbons (Fsp3) is 0.0909. The van der Waals surface area contributed by atoms with Crippen LogP contribution in [0.5, 0.6) is 0 Å². The second-order valence-electron chi connectivity index (χ2n) is 3.11. The first-order valence-electron chi connectivity index (χ1n) is 4.35. The SMILES string of the molecule is O=CC1=C(c2ccccc2)NC(=O)C1. The zero-order valence-electron chi connectivity index (χ0n) is 7.49. The van der Waals surface area contributed by atoms with Gasteiger partial charge in [-0.25, -0.2) is 0 Å². The van der Waals surface area contributed by atoms with Crippen molar-refractivity contribution in [3.05, 3.63) is 41.5 Å². The van der Waals surface area contributed by atoms with Gasteiger partial charge < -0.3 is 5.32 Å². The van der Waals surface area contributed by atoms with Crippen LogP contribution in [-0.4, -0.2) is 12.2 Å². The van der Waals surface area contributed by atoms with Gasteiger partial charge in [0.1, 0.15) is 6.29 Å². The van der Waals surface area contributed by atoms with Gasteiger partial charge in [-0.1, -0.05) is 30.3 Å². The van der Waals surface area contributed by atoms with Gasteiger partial charge in [0, 0.05) is 5.57 Å². The molecule has 0 atom stereocenters. The maximum Gasteiger partial charge on any atom is 0.229 e. The lowest BCUT2D eigenvalue weighted by atomic mass is 10.1. The molecule has 0 unspecified atom stereocenters. The summed E-state index contributed by atoms with van der Waals surface area (Å²) in [5.41, 5.74) is 2.05. The second kappa shape index (κ2) is 3.46. The molecule has 1 N–H and O–H groups in total. The lowest BCUT2D eigenvalue weighted by molar-refractivity contribution is -0.119. The Morgan fingerprint density at radius 2 is 1.93 bits per heavy atom. The van der Waals surface area contributed by atoms with Crippen LogP contribution in [0.15, 0.2) is 35.9 Å². The van der Waals surface area contributed by atoms with E-state index < -0.39 is 0 Å². The van der Waals surface area contributed by atoms with Crippen LogP contribution in [-0.2, 0) is 9.59 Å². The molecule has 0 fully saturated rings. The van der Waals surface area contributed by atoms with Crippen molar-refractivity contribution in [1.82, 2.24) is 5.32 Å². The summed E-state index contributed by atoms with van der Waals surface area (Å²) >= 11 is 0. The number of nitrogens with one attached hydrogen (secondary N) is 1. The predicted octanol–water partition coefficient (Wildman–Crippen LogP) is 1.12. The van der Waals surface area contributed by atoms with Crippen molar-refractivity contribution >= 4 is 17.9 Å². The average Bonchev–Trinajstić information content (AvgIpc) is 2.61. The number of hydrogen-bond donors (Lipinski definition) is 1. The van der Waals surface area contributed by atoms with Crippen LogP contribution in [0.3, 0.4) is 0 Å². The summed E-state index contributed by atoms with van der Waals surface area (Å²) in [5.74, 6) is -0.119. The largest absolute Gasteiger partial charge is 0.325 e. The summed E-state index contributed by atoms with van der Waals surface area (Å²) in [6.45, 7) is 0. The van der Waals surface area contributed by atoms with Gasteiger partial charge in [-0.2, -0.15) is 0 Å². The van der Waals surface area contributed by atoms with Crippen molar-refractivity contribution in [2.75, 3.05) is 0 Å². The first kappa shape index (κ1) is 8.69. The summed E-state index contributed by atoms with van der Waals surface area (Å²) in [6.07, 6.45) is 0.925. The molecule has 1 aromatic carbocycles. The lowest BCUT2D eigenvalue weighted by Gasteiger charge is -2.02. The van der Waals surface area contributed by atoms with Crippen molar-refractivity contribution in [3.8, 4) is 0 Å². The third-order valence-corrected chi connectivity index (χ3v) is 2.14. The molecular formula is C11H9NO2. The number of amides is 1. The molecule has 0 saturated carbocycles. The Hall–Kier alpha value is -1.90. The van der Waals surface area contributed by atoms with E-state index in [4.69, 9.17) is 0 Å². The monoisotopic (exact) mass is 187 g/mol. The molecule has 3 heteroatoms. The number of carbonyl (C=O) groups excluding carboxylic acids is 2. The van der Waals surface area contributed by atoms with Gasteiger partial charge in [-0.05, 0) is 5.56 Å². The van der Waals surface area contributed by atoms with E-state index in [9.17, 15) is 9.59 Å². The smallest absolute Gasteiger partial charge is 0.229 e. The minimum atomic E-state index is -0.119. The number of hydrogen-bond acceptors (Lipinski definition) is 2. The Kier molecular flexibility index (Phi) is 2.14. The van der Waals surface area contributed by atoms with Crippen molar-refractivity contribution in [3.63, 3.8) is 0 Å². The van der Waals surface area contributed by atoms with Crippen molar-refractivity contribution in [2.45, 2.75) is 6.42 Å². The molecule has 2 rings (SSSR count). The van der Waals surface area contributed by atoms with E-state index in [-0.39, 0.29) is 12.3 Å². The molecule has 70 valence electrons. The Balaban J connectivity index is 2.43. The molecule has 3 nitrogen and oxygen atoms in total. The fourth-order valence-electron chi connectivity index (χ4n) is 1.49. The highest BCUT2D eigenvalue weighted by molar-refractivity contribution is 6.04. The summed E-state index contributed by atoms with van der Waals surface area (Å²) in [4.78, 5) is 21.8. The van der Waals surface area contributed by atoms with Crippen LogP contribution in [0.25, 0.3) is 5.70 Å². The van der Waals surface area contributed by atoms with Gasteiger partial charge in [-0.15, -0.1) is 0 Å². The van der Waals surface area contributed by atoms with Crippen molar-refractivity contribution < 1.29 is 9.59 Å². The first-order valence-corrected chi connectivity index (χ1v) is 4.35. The molecule has 14 heavy (non-hydrogen) atoms. The van der Waals surface area contributed by atoms with Gasteiger partial charge in [0.25, 0.3) is 0 Å². The highest BCUT2D eigenvalue weighted by Gasteiger charge is 2.21. The van der Waals surface area contributed by atoms with Crippen LogP contribution in [0.1, 0.15) is 12.0 Å². The van der Waals surface area contributed by atoms with E-state index in [1.807, 2.05) is 30.3 Å². The molecule has 1 aliphatic rings.